The fourth-order valence-corrected chi connectivity index (χ4v) is 1.14. The number of ketones is 1. The SMILES string of the molecule is C=C/C=C(\C/C=C\CCC)C(=O)CC. The van der Waals surface area contributed by atoms with Crippen molar-refractivity contribution in [3.63, 3.8) is 0 Å². The molecule has 0 aliphatic carbocycles. The van der Waals surface area contributed by atoms with Gasteiger partial charge < -0.3 is 0 Å². The van der Waals surface area contributed by atoms with Gasteiger partial charge in [0.05, 0.1) is 0 Å². The number of carbonyl (C=O) groups excluding carboxylic acids is 1. The highest BCUT2D eigenvalue weighted by Crippen LogP contribution is 2.07. The van der Waals surface area contributed by atoms with E-state index in [0.29, 0.717) is 6.42 Å². The molecule has 0 saturated carbocycles. The lowest BCUT2D eigenvalue weighted by Crippen LogP contribution is -1.99. The minimum Gasteiger partial charge on any atom is -0.295 e. The van der Waals surface area contributed by atoms with E-state index in [-0.39, 0.29) is 5.78 Å². The van der Waals surface area contributed by atoms with E-state index < -0.39 is 0 Å². The van der Waals surface area contributed by atoms with E-state index in [1.54, 1.807) is 6.08 Å². The standard InChI is InChI=1S/C13H20O/c1-4-7-8-9-11-12(10-5-2)13(14)6-3/h5,8-10H,2,4,6-7,11H2,1,3H3/b9-8-,12-10+. The maximum atomic E-state index is 11.4. The van der Waals surface area contributed by atoms with Gasteiger partial charge in [0.25, 0.3) is 0 Å². The first-order valence-electron chi connectivity index (χ1n) is 5.26. The molecule has 0 atom stereocenters. The summed E-state index contributed by atoms with van der Waals surface area (Å²) in [6.45, 7) is 7.63. The normalized spacial score (nSPS) is 12.0. The zero-order valence-corrected chi connectivity index (χ0v) is 9.25. The van der Waals surface area contributed by atoms with Crippen molar-refractivity contribution in [2.75, 3.05) is 0 Å². The van der Waals surface area contributed by atoms with Crippen LogP contribution in [0, 0.1) is 0 Å². The van der Waals surface area contributed by atoms with Gasteiger partial charge >= 0.3 is 0 Å². The molecule has 0 aliphatic rings. The molecule has 0 radical (unpaired) electrons. The molecule has 0 unspecified atom stereocenters. The van der Waals surface area contributed by atoms with Crippen molar-refractivity contribution in [1.82, 2.24) is 0 Å². The van der Waals surface area contributed by atoms with Crippen molar-refractivity contribution in [2.24, 2.45) is 0 Å². The quantitative estimate of drug-likeness (QED) is 0.340. The van der Waals surface area contributed by atoms with Crippen molar-refractivity contribution >= 4 is 5.78 Å². The van der Waals surface area contributed by atoms with Gasteiger partial charge in [0.15, 0.2) is 5.78 Å². The molecule has 0 N–H and O–H groups in total. The van der Waals surface area contributed by atoms with Crippen LogP contribution in [-0.4, -0.2) is 5.78 Å². The number of unbranched alkanes of at least 4 members (excludes halogenated alkanes) is 1. The third-order valence-corrected chi connectivity index (χ3v) is 1.96. The van der Waals surface area contributed by atoms with Crippen LogP contribution in [-0.2, 0) is 4.79 Å². The fourth-order valence-electron chi connectivity index (χ4n) is 1.14. The van der Waals surface area contributed by atoms with Crippen LogP contribution in [0.3, 0.4) is 0 Å². The Morgan fingerprint density at radius 1 is 1.29 bits per heavy atom. The second kappa shape index (κ2) is 8.49. The maximum absolute atomic E-state index is 11.4. The van der Waals surface area contributed by atoms with Gasteiger partial charge in [0, 0.05) is 6.42 Å². The number of rotatable bonds is 7. The van der Waals surface area contributed by atoms with Crippen molar-refractivity contribution in [1.29, 1.82) is 0 Å². The van der Waals surface area contributed by atoms with E-state index in [9.17, 15) is 4.79 Å². The van der Waals surface area contributed by atoms with Gasteiger partial charge in [0.1, 0.15) is 0 Å². The van der Waals surface area contributed by atoms with Gasteiger partial charge in [-0.15, -0.1) is 0 Å². The average molecular weight is 192 g/mol. The van der Waals surface area contributed by atoms with Crippen LogP contribution in [0.25, 0.3) is 0 Å². The highest BCUT2D eigenvalue weighted by Gasteiger charge is 2.03. The van der Waals surface area contributed by atoms with Gasteiger partial charge in [-0.3, -0.25) is 4.79 Å². The Bertz CT molecular complexity index is 234. The van der Waals surface area contributed by atoms with Gasteiger partial charge in [0.2, 0.25) is 0 Å². The smallest absolute Gasteiger partial charge is 0.158 e. The lowest BCUT2D eigenvalue weighted by molar-refractivity contribution is -0.115. The zero-order valence-electron chi connectivity index (χ0n) is 9.25. The third kappa shape index (κ3) is 5.52. The summed E-state index contributed by atoms with van der Waals surface area (Å²) in [5.41, 5.74) is 0.856. The molecule has 0 rings (SSSR count). The molecule has 0 heterocycles. The van der Waals surface area contributed by atoms with E-state index in [2.05, 4.69) is 25.7 Å². The first-order chi connectivity index (χ1) is 6.76. The summed E-state index contributed by atoms with van der Waals surface area (Å²) in [5.74, 6) is 0.214. The summed E-state index contributed by atoms with van der Waals surface area (Å²) in [7, 11) is 0. The molecular formula is C13H20O. The zero-order chi connectivity index (χ0) is 10.8. The molecule has 0 spiro atoms. The third-order valence-electron chi connectivity index (χ3n) is 1.96. The molecule has 14 heavy (non-hydrogen) atoms. The van der Waals surface area contributed by atoms with E-state index in [0.717, 1.165) is 24.8 Å². The van der Waals surface area contributed by atoms with Crippen LogP contribution < -0.4 is 0 Å². The van der Waals surface area contributed by atoms with Crippen molar-refractivity contribution in [3.8, 4) is 0 Å². The monoisotopic (exact) mass is 192 g/mol. The summed E-state index contributed by atoms with van der Waals surface area (Å²) in [4.78, 5) is 11.4. The molecule has 0 bridgehead atoms. The first-order valence-corrected chi connectivity index (χ1v) is 5.26. The van der Waals surface area contributed by atoms with Crippen LogP contribution in [0.5, 0.6) is 0 Å². The van der Waals surface area contributed by atoms with Crippen molar-refractivity contribution in [3.05, 3.63) is 36.5 Å². The molecule has 0 aromatic carbocycles. The lowest BCUT2D eigenvalue weighted by atomic mass is 10.0. The Hall–Kier alpha value is -1.11. The molecule has 0 amide bonds. The second-order valence-corrected chi connectivity index (χ2v) is 3.17. The summed E-state index contributed by atoms with van der Waals surface area (Å²) in [5, 5.41) is 0. The molecule has 0 aromatic rings. The van der Waals surface area contributed by atoms with E-state index in [1.807, 2.05) is 13.0 Å². The predicted octanol–water partition coefficient (Wildman–Crippen LogP) is 3.82. The van der Waals surface area contributed by atoms with Crippen LogP contribution >= 0.6 is 0 Å². The van der Waals surface area contributed by atoms with E-state index in [4.69, 9.17) is 0 Å². The fraction of sp³-hybridized carbons (Fsp3) is 0.462. The summed E-state index contributed by atoms with van der Waals surface area (Å²) in [6, 6.07) is 0. The van der Waals surface area contributed by atoms with Crippen LogP contribution in [0.4, 0.5) is 0 Å². The van der Waals surface area contributed by atoms with Gasteiger partial charge in [-0.1, -0.05) is 51.2 Å². The van der Waals surface area contributed by atoms with E-state index >= 15 is 0 Å². The van der Waals surface area contributed by atoms with Crippen LogP contribution in [0.1, 0.15) is 39.5 Å². The lowest BCUT2D eigenvalue weighted by Gasteiger charge is -1.99. The van der Waals surface area contributed by atoms with E-state index in [1.165, 1.54) is 0 Å². The topological polar surface area (TPSA) is 17.1 Å². The largest absolute Gasteiger partial charge is 0.295 e. The number of carbonyl (C=O) groups is 1. The number of allylic oxidation sites excluding steroid dienone is 5. The van der Waals surface area contributed by atoms with Crippen molar-refractivity contribution < 1.29 is 4.79 Å². The minimum absolute atomic E-state index is 0.214. The maximum Gasteiger partial charge on any atom is 0.158 e. The number of hydrogen-bond donors (Lipinski definition) is 0. The first kappa shape index (κ1) is 12.9. The van der Waals surface area contributed by atoms with Crippen LogP contribution in [0.2, 0.25) is 0 Å². The molecule has 1 heteroatoms. The molecule has 0 aliphatic heterocycles. The molecule has 78 valence electrons. The molecule has 0 fully saturated rings. The van der Waals surface area contributed by atoms with Crippen molar-refractivity contribution in [2.45, 2.75) is 39.5 Å². The number of hydrogen-bond acceptors (Lipinski definition) is 1. The molecular weight excluding hydrogens is 172 g/mol. The Morgan fingerprint density at radius 3 is 2.50 bits per heavy atom. The highest BCUT2D eigenvalue weighted by atomic mass is 16.1. The summed E-state index contributed by atoms with van der Waals surface area (Å²) < 4.78 is 0. The highest BCUT2D eigenvalue weighted by molar-refractivity contribution is 5.95. The van der Waals surface area contributed by atoms with Crippen LogP contribution in [0.15, 0.2) is 36.5 Å². The predicted molar refractivity (Wildman–Crippen MR) is 62.2 cm³/mol. The van der Waals surface area contributed by atoms with Gasteiger partial charge in [-0.2, -0.15) is 0 Å². The summed E-state index contributed by atoms with van der Waals surface area (Å²) in [6.07, 6.45) is 11.2. The average Bonchev–Trinajstić information content (AvgIpc) is 2.21. The Labute approximate surface area is 87.2 Å². The van der Waals surface area contributed by atoms with Gasteiger partial charge in [-0.05, 0) is 18.4 Å². The Kier molecular flexibility index (Phi) is 7.81. The molecule has 0 aromatic heterocycles. The second-order valence-electron chi connectivity index (χ2n) is 3.17. The molecule has 1 nitrogen and oxygen atoms in total. The minimum atomic E-state index is 0.214. The number of Topliss-reactive ketones (excluding diaryl/α,β-unsaturated/α-hetero) is 1. The van der Waals surface area contributed by atoms with Gasteiger partial charge in [-0.25, -0.2) is 0 Å². The Balaban J connectivity index is 4.18. The molecule has 0 saturated heterocycles. The Morgan fingerprint density at radius 2 is 2.00 bits per heavy atom. The summed E-state index contributed by atoms with van der Waals surface area (Å²) >= 11 is 0.